The highest BCUT2D eigenvalue weighted by Crippen LogP contribution is 2.26. The summed E-state index contributed by atoms with van der Waals surface area (Å²) in [5, 5.41) is 13.7. The lowest BCUT2D eigenvalue weighted by molar-refractivity contribution is -0.385. The van der Waals surface area contributed by atoms with Gasteiger partial charge in [-0.05, 0) is 40.9 Å². The van der Waals surface area contributed by atoms with Crippen LogP contribution in [0.2, 0.25) is 0 Å². The molecule has 0 spiro atoms. The van der Waals surface area contributed by atoms with E-state index in [1.54, 1.807) is 6.07 Å². The number of carbonyl (C=O) groups is 1. The molecule has 96 valence electrons. The smallest absolute Gasteiger partial charge is 0.284 e. The molecule has 1 aliphatic carbocycles. The normalized spacial score (nSPS) is 15.6. The molecule has 1 aromatic carbocycles. The van der Waals surface area contributed by atoms with Crippen LogP contribution < -0.4 is 5.32 Å². The first kappa shape index (κ1) is 13.0. The van der Waals surface area contributed by atoms with Gasteiger partial charge in [0.05, 0.1) is 9.40 Å². The minimum absolute atomic E-state index is 0.0888. The van der Waals surface area contributed by atoms with Gasteiger partial charge in [0.25, 0.3) is 11.6 Å². The van der Waals surface area contributed by atoms with E-state index in [4.69, 9.17) is 0 Å². The van der Waals surface area contributed by atoms with E-state index in [0.29, 0.717) is 10.0 Å². The Labute approximate surface area is 113 Å². The Morgan fingerprint density at radius 3 is 2.67 bits per heavy atom. The maximum atomic E-state index is 11.9. The third kappa shape index (κ3) is 2.87. The molecular formula is C12H13BrN2O3. The van der Waals surface area contributed by atoms with E-state index in [0.717, 1.165) is 25.7 Å². The summed E-state index contributed by atoms with van der Waals surface area (Å²) in [6, 6.07) is 4.62. The molecule has 0 heterocycles. The summed E-state index contributed by atoms with van der Waals surface area (Å²) < 4.78 is 0.380. The predicted molar refractivity (Wildman–Crippen MR) is 70.5 cm³/mol. The van der Waals surface area contributed by atoms with E-state index in [1.807, 2.05) is 0 Å². The molecular weight excluding hydrogens is 300 g/mol. The van der Waals surface area contributed by atoms with Crippen LogP contribution in [0.4, 0.5) is 5.69 Å². The summed E-state index contributed by atoms with van der Waals surface area (Å²) in [6.45, 7) is 0. The van der Waals surface area contributed by atoms with Crippen molar-refractivity contribution in [2.45, 2.75) is 31.7 Å². The SMILES string of the molecule is O=C(NC1CCCC1)c1ccc(Br)c([N+](=O)[O-])c1. The molecule has 1 aromatic rings. The molecule has 18 heavy (non-hydrogen) atoms. The Morgan fingerprint density at radius 2 is 2.06 bits per heavy atom. The number of amides is 1. The molecule has 6 heteroatoms. The highest BCUT2D eigenvalue weighted by molar-refractivity contribution is 9.10. The van der Waals surface area contributed by atoms with Gasteiger partial charge in [0.1, 0.15) is 0 Å². The van der Waals surface area contributed by atoms with Gasteiger partial charge in [-0.15, -0.1) is 0 Å². The molecule has 0 unspecified atom stereocenters. The number of nitro benzene ring substituents is 1. The lowest BCUT2D eigenvalue weighted by Gasteiger charge is -2.11. The van der Waals surface area contributed by atoms with E-state index in [2.05, 4.69) is 21.2 Å². The Bertz CT molecular complexity index is 484. The number of rotatable bonds is 3. The Kier molecular flexibility index (Phi) is 3.96. The lowest BCUT2D eigenvalue weighted by Crippen LogP contribution is -2.32. The van der Waals surface area contributed by atoms with E-state index >= 15 is 0 Å². The summed E-state index contributed by atoms with van der Waals surface area (Å²) in [4.78, 5) is 22.2. The fraction of sp³-hybridized carbons (Fsp3) is 0.417. The van der Waals surface area contributed by atoms with Crippen molar-refractivity contribution in [3.05, 3.63) is 38.3 Å². The average Bonchev–Trinajstić information content (AvgIpc) is 2.81. The number of benzene rings is 1. The molecule has 2 rings (SSSR count). The standard InChI is InChI=1S/C12H13BrN2O3/c13-10-6-5-8(7-11(10)15(17)18)12(16)14-9-3-1-2-4-9/h5-7,9H,1-4H2,(H,14,16). The van der Waals surface area contributed by atoms with E-state index < -0.39 is 4.92 Å². The maximum Gasteiger partial charge on any atom is 0.284 e. The van der Waals surface area contributed by atoms with Gasteiger partial charge in [-0.3, -0.25) is 14.9 Å². The highest BCUT2D eigenvalue weighted by atomic mass is 79.9. The zero-order valence-electron chi connectivity index (χ0n) is 9.69. The number of hydrogen-bond acceptors (Lipinski definition) is 3. The fourth-order valence-corrected chi connectivity index (χ4v) is 2.52. The summed E-state index contributed by atoms with van der Waals surface area (Å²) in [7, 11) is 0. The van der Waals surface area contributed by atoms with Crippen molar-refractivity contribution in [1.29, 1.82) is 0 Å². The van der Waals surface area contributed by atoms with Crippen LogP contribution in [0.3, 0.4) is 0 Å². The average molecular weight is 313 g/mol. The highest BCUT2D eigenvalue weighted by Gasteiger charge is 2.20. The van der Waals surface area contributed by atoms with Gasteiger partial charge >= 0.3 is 0 Å². The van der Waals surface area contributed by atoms with Crippen molar-refractivity contribution >= 4 is 27.5 Å². The molecule has 0 radical (unpaired) electrons. The van der Waals surface area contributed by atoms with Crippen LogP contribution in [-0.2, 0) is 0 Å². The van der Waals surface area contributed by atoms with Crippen LogP contribution in [0.25, 0.3) is 0 Å². The maximum absolute atomic E-state index is 11.9. The van der Waals surface area contributed by atoms with Crippen molar-refractivity contribution in [2.24, 2.45) is 0 Å². The molecule has 1 amide bonds. The molecule has 1 saturated carbocycles. The van der Waals surface area contributed by atoms with E-state index in [-0.39, 0.29) is 17.6 Å². The number of nitrogens with one attached hydrogen (secondary N) is 1. The molecule has 1 fully saturated rings. The van der Waals surface area contributed by atoms with Gasteiger partial charge in [0, 0.05) is 17.7 Å². The first-order valence-electron chi connectivity index (χ1n) is 5.83. The molecule has 0 saturated heterocycles. The van der Waals surface area contributed by atoms with Gasteiger partial charge in [-0.2, -0.15) is 0 Å². The van der Waals surface area contributed by atoms with Crippen molar-refractivity contribution in [2.75, 3.05) is 0 Å². The fourth-order valence-electron chi connectivity index (χ4n) is 2.13. The Balaban J connectivity index is 2.14. The summed E-state index contributed by atoms with van der Waals surface area (Å²) >= 11 is 3.09. The molecule has 0 aliphatic heterocycles. The van der Waals surface area contributed by atoms with Crippen LogP contribution in [0.1, 0.15) is 36.0 Å². The Hall–Kier alpha value is -1.43. The first-order chi connectivity index (χ1) is 8.58. The minimum atomic E-state index is -0.504. The Morgan fingerprint density at radius 1 is 1.39 bits per heavy atom. The second-order valence-corrected chi connectivity index (χ2v) is 5.23. The number of nitrogens with zero attached hydrogens (tertiary/aromatic N) is 1. The monoisotopic (exact) mass is 312 g/mol. The molecule has 5 nitrogen and oxygen atoms in total. The number of hydrogen-bond donors (Lipinski definition) is 1. The zero-order valence-corrected chi connectivity index (χ0v) is 11.3. The number of halogens is 1. The van der Waals surface area contributed by atoms with Gasteiger partial charge in [0.15, 0.2) is 0 Å². The van der Waals surface area contributed by atoms with Crippen LogP contribution in [0.5, 0.6) is 0 Å². The lowest BCUT2D eigenvalue weighted by atomic mass is 10.1. The quantitative estimate of drug-likeness (QED) is 0.688. The van der Waals surface area contributed by atoms with Crippen LogP contribution in [-0.4, -0.2) is 16.9 Å². The molecule has 0 bridgehead atoms. The van der Waals surface area contributed by atoms with Crippen molar-refractivity contribution in [3.8, 4) is 0 Å². The van der Waals surface area contributed by atoms with E-state index in [1.165, 1.54) is 12.1 Å². The summed E-state index contributed by atoms with van der Waals surface area (Å²) in [6.07, 6.45) is 4.24. The van der Waals surface area contributed by atoms with Crippen LogP contribution in [0.15, 0.2) is 22.7 Å². The molecule has 0 aromatic heterocycles. The van der Waals surface area contributed by atoms with E-state index in [9.17, 15) is 14.9 Å². The first-order valence-corrected chi connectivity index (χ1v) is 6.62. The predicted octanol–water partition coefficient (Wildman–Crippen LogP) is 3.03. The molecule has 1 aliphatic rings. The topological polar surface area (TPSA) is 72.2 Å². The second kappa shape index (κ2) is 5.48. The van der Waals surface area contributed by atoms with Crippen LogP contribution in [0, 0.1) is 10.1 Å². The largest absolute Gasteiger partial charge is 0.349 e. The number of nitro groups is 1. The van der Waals surface area contributed by atoms with Crippen molar-refractivity contribution in [1.82, 2.24) is 5.32 Å². The van der Waals surface area contributed by atoms with Crippen LogP contribution >= 0.6 is 15.9 Å². The third-order valence-electron chi connectivity index (χ3n) is 3.10. The second-order valence-electron chi connectivity index (χ2n) is 4.38. The molecule has 1 N–H and O–H groups in total. The van der Waals surface area contributed by atoms with Gasteiger partial charge in [-0.1, -0.05) is 12.8 Å². The van der Waals surface area contributed by atoms with Crippen molar-refractivity contribution < 1.29 is 9.72 Å². The van der Waals surface area contributed by atoms with Gasteiger partial charge < -0.3 is 5.32 Å². The number of carbonyl (C=O) groups excluding carboxylic acids is 1. The molecule has 0 atom stereocenters. The van der Waals surface area contributed by atoms with Gasteiger partial charge in [0.2, 0.25) is 0 Å². The zero-order chi connectivity index (χ0) is 13.1. The summed E-state index contributed by atoms with van der Waals surface area (Å²) in [5.41, 5.74) is 0.242. The third-order valence-corrected chi connectivity index (χ3v) is 3.77. The minimum Gasteiger partial charge on any atom is -0.349 e. The van der Waals surface area contributed by atoms with Gasteiger partial charge in [-0.25, -0.2) is 0 Å². The summed E-state index contributed by atoms with van der Waals surface area (Å²) in [5.74, 6) is -0.238. The van der Waals surface area contributed by atoms with Crippen molar-refractivity contribution in [3.63, 3.8) is 0 Å².